The van der Waals surface area contributed by atoms with Gasteiger partial charge in [-0.25, -0.2) is 4.79 Å². The topological polar surface area (TPSA) is 72.2 Å². The van der Waals surface area contributed by atoms with Gasteiger partial charge in [-0.15, -0.1) is 0 Å². The van der Waals surface area contributed by atoms with Crippen LogP contribution in [-0.2, 0) is 6.18 Å². The SMILES string of the molecule is Cc1cccc(C(F)(F)F)c1C(=O)n1nc(C)c2ccc(C(=O)O)cc21. The number of halogens is 3. The zero-order chi connectivity index (χ0) is 19.2. The lowest BCUT2D eigenvalue weighted by Gasteiger charge is -2.14. The highest BCUT2D eigenvalue weighted by Crippen LogP contribution is 2.34. The van der Waals surface area contributed by atoms with Gasteiger partial charge in [0.05, 0.1) is 27.9 Å². The number of carbonyl (C=O) groups is 2. The Morgan fingerprint density at radius 3 is 2.42 bits per heavy atom. The lowest BCUT2D eigenvalue weighted by Crippen LogP contribution is -2.21. The molecule has 0 atom stereocenters. The smallest absolute Gasteiger partial charge is 0.417 e. The highest BCUT2D eigenvalue weighted by molar-refractivity contribution is 6.04. The number of hydrogen-bond donors (Lipinski definition) is 1. The van der Waals surface area contributed by atoms with Crippen molar-refractivity contribution < 1.29 is 27.9 Å². The highest BCUT2D eigenvalue weighted by atomic mass is 19.4. The lowest BCUT2D eigenvalue weighted by molar-refractivity contribution is -0.138. The minimum absolute atomic E-state index is 0.0905. The van der Waals surface area contributed by atoms with Gasteiger partial charge in [0.25, 0.3) is 5.91 Å². The van der Waals surface area contributed by atoms with Gasteiger partial charge in [0.15, 0.2) is 0 Å². The fourth-order valence-electron chi connectivity index (χ4n) is 2.85. The van der Waals surface area contributed by atoms with Gasteiger partial charge in [-0.05, 0) is 37.6 Å². The number of benzene rings is 2. The third kappa shape index (κ3) is 2.83. The summed E-state index contributed by atoms with van der Waals surface area (Å²) in [5.74, 6) is -2.17. The standard InChI is InChI=1S/C18H13F3N2O3/c1-9-4-3-5-13(18(19,20)21)15(9)16(24)23-14-8-11(17(25)26)6-7-12(14)10(2)22-23/h3-8H,1-2H3,(H,25,26). The first-order chi connectivity index (χ1) is 12.1. The molecule has 0 amide bonds. The monoisotopic (exact) mass is 362 g/mol. The Kier molecular flexibility index (Phi) is 4.06. The van der Waals surface area contributed by atoms with Crippen LogP contribution >= 0.6 is 0 Å². The number of aryl methyl sites for hydroxylation is 2. The molecule has 1 aromatic heterocycles. The Morgan fingerprint density at radius 2 is 1.81 bits per heavy atom. The van der Waals surface area contributed by atoms with Crippen molar-refractivity contribution >= 4 is 22.8 Å². The van der Waals surface area contributed by atoms with Crippen LogP contribution in [0.4, 0.5) is 13.2 Å². The normalized spacial score (nSPS) is 11.7. The third-order valence-electron chi connectivity index (χ3n) is 4.10. The molecule has 5 nitrogen and oxygen atoms in total. The predicted molar refractivity (Wildman–Crippen MR) is 87.3 cm³/mol. The fourth-order valence-corrected chi connectivity index (χ4v) is 2.85. The van der Waals surface area contributed by atoms with Crippen LogP contribution in [-0.4, -0.2) is 26.8 Å². The summed E-state index contributed by atoms with van der Waals surface area (Å²) in [6.45, 7) is 3.00. The van der Waals surface area contributed by atoms with Crippen LogP contribution in [0.3, 0.4) is 0 Å². The van der Waals surface area contributed by atoms with Gasteiger partial charge >= 0.3 is 12.1 Å². The summed E-state index contributed by atoms with van der Waals surface area (Å²) in [5.41, 5.74) is -0.952. The molecule has 1 N–H and O–H groups in total. The molecule has 0 unspecified atom stereocenters. The number of fused-ring (bicyclic) bond motifs is 1. The maximum atomic E-state index is 13.3. The maximum Gasteiger partial charge on any atom is 0.417 e. The van der Waals surface area contributed by atoms with Crippen LogP contribution in [0.2, 0.25) is 0 Å². The Labute approximate surface area is 145 Å². The molecule has 0 aliphatic rings. The van der Waals surface area contributed by atoms with Gasteiger partial charge in [-0.2, -0.15) is 23.0 Å². The van der Waals surface area contributed by atoms with Crippen LogP contribution in [0.25, 0.3) is 10.9 Å². The number of nitrogens with zero attached hydrogens (tertiary/aromatic N) is 2. The van der Waals surface area contributed by atoms with Gasteiger partial charge < -0.3 is 5.11 Å². The summed E-state index contributed by atoms with van der Waals surface area (Å²) in [6, 6.07) is 7.52. The summed E-state index contributed by atoms with van der Waals surface area (Å²) < 4.78 is 40.8. The average molecular weight is 362 g/mol. The number of carboxylic acids is 1. The number of aromatic nitrogens is 2. The molecule has 0 radical (unpaired) electrons. The van der Waals surface area contributed by atoms with Gasteiger partial charge in [0.2, 0.25) is 0 Å². The maximum absolute atomic E-state index is 13.3. The summed E-state index contributed by atoms with van der Waals surface area (Å²) in [6.07, 6.45) is -4.71. The van der Waals surface area contributed by atoms with E-state index in [1.54, 1.807) is 6.92 Å². The molecule has 2 aromatic carbocycles. The average Bonchev–Trinajstić information content (AvgIpc) is 2.89. The summed E-state index contributed by atoms with van der Waals surface area (Å²) >= 11 is 0. The van der Waals surface area contributed by atoms with Crippen molar-refractivity contribution in [3.63, 3.8) is 0 Å². The Morgan fingerprint density at radius 1 is 1.12 bits per heavy atom. The first-order valence-electron chi connectivity index (χ1n) is 7.55. The molecule has 134 valence electrons. The second-order valence-electron chi connectivity index (χ2n) is 5.83. The molecule has 0 spiro atoms. The molecule has 0 saturated heterocycles. The van der Waals surface area contributed by atoms with E-state index < -0.39 is 29.2 Å². The van der Waals surface area contributed by atoms with Crippen LogP contribution < -0.4 is 0 Å². The van der Waals surface area contributed by atoms with Crippen molar-refractivity contribution in [1.29, 1.82) is 0 Å². The molecule has 0 aliphatic carbocycles. The van der Waals surface area contributed by atoms with Crippen molar-refractivity contribution in [3.05, 3.63) is 64.3 Å². The molecule has 3 aromatic rings. The third-order valence-corrected chi connectivity index (χ3v) is 4.10. The van der Waals surface area contributed by atoms with Crippen molar-refractivity contribution in [1.82, 2.24) is 9.78 Å². The van der Waals surface area contributed by atoms with Gasteiger partial charge in [0.1, 0.15) is 0 Å². The summed E-state index contributed by atoms with van der Waals surface area (Å²) in [4.78, 5) is 24.1. The van der Waals surface area contributed by atoms with E-state index in [-0.39, 0.29) is 16.6 Å². The minimum atomic E-state index is -4.71. The Balaban J connectivity index is 2.27. The number of carbonyl (C=O) groups excluding carboxylic acids is 1. The molecular weight excluding hydrogens is 349 g/mol. The minimum Gasteiger partial charge on any atom is -0.478 e. The van der Waals surface area contributed by atoms with E-state index in [1.165, 1.54) is 37.3 Å². The Hall–Kier alpha value is -3.16. The van der Waals surface area contributed by atoms with Crippen molar-refractivity contribution in [2.24, 2.45) is 0 Å². The van der Waals surface area contributed by atoms with Crippen LogP contribution in [0, 0.1) is 13.8 Å². The first-order valence-corrected chi connectivity index (χ1v) is 7.55. The molecule has 0 aliphatic heterocycles. The Bertz CT molecular complexity index is 1050. The zero-order valence-electron chi connectivity index (χ0n) is 13.8. The van der Waals surface area contributed by atoms with Crippen molar-refractivity contribution in [2.45, 2.75) is 20.0 Å². The molecule has 8 heteroatoms. The van der Waals surface area contributed by atoms with Gasteiger partial charge in [0, 0.05) is 5.39 Å². The first kappa shape index (κ1) is 17.7. The molecular formula is C18H13F3N2O3. The second-order valence-corrected chi connectivity index (χ2v) is 5.83. The van der Waals surface area contributed by atoms with E-state index in [1.807, 2.05) is 0 Å². The van der Waals surface area contributed by atoms with Crippen molar-refractivity contribution in [3.8, 4) is 0 Å². The lowest BCUT2D eigenvalue weighted by atomic mass is 10.0. The van der Waals surface area contributed by atoms with Gasteiger partial charge in [-0.1, -0.05) is 18.2 Å². The van der Waals surface area contributed by atoms with Crippen molar-refractivity contribution in [2.75, 3.05) is 0 Å². The van der Waals surface area contributed by atoms with E-state index in [2.05, 4.69) is 5.10 Å². The van der Waals surface area contributed by atoms with Gasteiger partial charge in [-0.3, -0.25) is 4.79 Å². The second kappa shape index (κ2) is 5.98. The molecule has 0 bridgehead atoms. The zero-order valence-corrected chi connectivity index (χ0v) is 13.8. The molecule has 26 heavy (non-hydrogen) atoms. The number of rotatable bonds is 2. The van der Waals surface area contributed by atoms with E-state index in [0.717, 1.165) is 10.7 Å². The van der Waals surface area contributed by atoms with E-state index in [4.69, 9.17) is 5.11 Å². The van der Waals surface area contributed by atoms with Crippen LogP contribution in [0.15, 0.2) is 36.4 Å². The van der Waals surface area contributed by atoms with E-state index in [0.29, 0.717) is 11.1 Å². The van der Waals surface area contributed by atoms with Crippen LogP contribution in [0.5, 0.6) is 0 Å². The number of hydrogen-bond acceptors (Lipinski definition) is 3. The summed E-state index contributed by atoms with van der Waals surface area (Å²) in [5, 5.41) is 13.7. The molecule has 3 rings (SSSR count). The molecule has 0 fully saturated rings. The number of carboxylic acid groups (broad SMARTS) is 1. The number of alkyl halides is 3. The quantitative estimate of drug-likeness (QED) is 0.746. The number of aromatic carboxylic acids is 1. The van der Waals surface area contributed by atoms with E-state index in [9.17, 15) is 22.8 Å². The van der Waals surface area contributed by atoms with E-state index >= 15 is 0 Å². The summed E-state index contributed by atoms with van der Waals surface area (Å²) in [7, 11) is 0. The largest absolute Gasteiger partial charge is 0.478 e. The molecule has 0 saturated carbocycles. The predicted octanol–water partition coefficient (Wildman–Crippen LogP) is 4.06. The fraction of sp³-hybridized carbons (Fsp3) is 0.167. The molecule has 1 heterocycles. The van der Waals surface area contributed by atoms with Crippen LogP contribution in [0.1, 0.15) is 37.5 Å². The highest BCUT2D eigenvalue weighted by Gasteiger charge is 2.36.